The summed E-state index contributed by atoms with van der Waals surface area (Å²) in [6.45, 7) is 8.87. The second-order valence-corrected chi connectivity index (χ2v) is 9.03. The smallest absolute Gasteiger partial charge is 0.129 e. The number of benzene rings is 2. The molecule has 0 N–H and O–H groups in total. The van der Waals surface area contributed by atoms with Crippen LogP contribution in [0.15, 0.2) is 47.3 Å². The Bertz CT molecular complexity index is 910. The molecule has 0 saturated heterocycles. The fourth-order valence-electron chi connectivity index (χ4n) is 3.66. The predicted molar refractivity (Wildman–Crippen MR) is 133 cm³/mol. The van der Waals surface area contributed by atoms with E-state index in [0.29, 0.717) is 0 Å². The Morgan fingerprint density at radius 3 is 1.42 bits per heavy atom. The minimum Gasteiger partial charge on any atom is -0.496 e. The molecule has 2 aromatic rings. The maximum atomic E-state index is 5.62. The molecular formula is C26H35O4P. The van der Waals surface area contributed by atoms with Crippen LogP contribution in [-0.4, -0.2) is 28.4 Å². The molecule has 0 aromatic heterocycles. The van der Waals surface area contributed by atoms with Crippen molar-refractivity contribution < 1.29 is 18.9 Å². The molecule has 5 heteroatoms. The summed E-state index contributed by atoms with van der Waals surface area (Å²) in [5.74, 6) is 3.26. The molecule has 2 rings (SSSR count). The van der Waals surface area contributed by atoms with Crippen LogP contribution in [0.1, 0.15) is 38.8 Å². The highest BCUT2D eigenvalue weighted by molar-refractivity contribution is 7.22. The van der Waals surface area contributed by atoms with Crippen molar-refractivity contribution in [3.63, 3.8) is 0 Å². The number of hydrogen-bond acceptors (Lipinski definition) is 4. The van der Waals surface area contributed by atoms with Crippen LogP contribution in [-0.2, 0) is 0 Å². The van der Waals surface area contributed by atoms with Gasteiger partial charge in [0.15, 0.2) is 0 Å². The van der Waals surface area contributed by atoms with Gasteiger partial charge in [-0.15, -0.1) is 9.24 Å². The number of methoxy groups -OCH3 is 4. The molecular weight excluding hydrogens is 407 g/mol. The molecule has 0 spiro atoms. The maximum absolute atomic E-state index is 5.62. The summed E-state index contributed by atoms with van der Waals surface area (Å²) >= 11 is 0. The van der Waals surface area contributed by atoms with E-state index in [2.05, 4.69) is 49.1 Å². The molecule has 4 nitrogen and oxygen atoms in total. The van der Waals surface area contributed by atoms with Crippen molar-refractivity contribution in [3.05, 3.63) is 58.4 Å². The topological polar surface area (TPSA) is 36.9 Å². The van der Waals surface area contributed by atoms with Crippen molar-refractivity contribution in [1.29, 1.82) is 0 Å². The van der Waals surface area contributed by atoms with Crippen LogP contribution in [0, 0.1) is 11.3 Å². The van der Waals surface area contributed by atoms with Gasteiger partial charge in [0.1, 0.15) is 23.0 Å². The first-order valence-corrected chi connectivity index (χ1v) is 10.9. The third kappa shape index (κ3) is 5.83. The summed E-state index contributed by atoms with van der Waals surface area (Å²) in [6, 6.07) is 11.7. The first-order valence-electron chi connectivity index (χ1n) is 10.3. The highest BCUT2D eigenvalue weighted by Crippen LogP contribution is 2.43. The van der Waals surface area contributed by atoms with Gasteiger partial charge >= 0.3 is 0 Å². The van der Waals surface area contributed by atoms with Crippen LogP contribution in [0.2, 0.25) is 0 Å². The Morgan fingerprint density at radius 2 is 1.10 bits per heavy atom. The summed E-state index contributed by atoms with van der Waals surface area (Å²) in [5.41, 5.74) is 3.04. The van der Waals surface area contributed by atoms with Crippen LogP contribution < -0.4 is 18.9 Å². The first kappa shape index (κ1) is 24.8. The average molecular weight is 443 g/mol. The summed E-state index contributed by atoms with van der Waals surface area (Å²) in [5, 5.41) is 1.12. The van der Waals surface area contributed by atoms with Gasteiger partial charge in [-0.3, -0.25) is 0 Å². The number of rotatable bonds is 8. The van der Waals surface area contributed by atoms with Gasteiger partial charge in [-0.05, 0) is 47.1 Å². The van der Waals surface area contributed by atoms with Gasteiger partial charge in [0, 0.05) is 5.92 Å². The molecule has 0 fully saturated rings. The SMILES string of the molecule is COc1cccc(OC)c1C=C(P)C(C)C(=Cc1c(OC)cccc1OC)C(C)(C)C. The van der Waals surface area contributed by atoms with E-state index >= 15 is 0 Å². The van der Waals surface area contributed by atoms with Crippen molar-refractivity contribution in [2.45, 2.75) is 27.7 Å². The molecule has 0 radical (unpaired) electrons. The highest BCUT2D eigenvalue weighted by Gasteiger charge is 2.25. The maximum Gasteiger partial charge on any atom is 0.129 e. The van der Waals surface area contributed by atoms with Crippen molar-refractivity contribution in [3.8, 4) is 23.0 Å². The Kier molecular flexibility index (Phi) is 8.59. The summed E-state index contributed by atoms with van der Waals surface area (Å²) in [7, 11) is 9.61. The molecule has 0 aliphatic carbocycles. The lowest BCUT2D eigenvalue weighted by Gasteiger charge is -2.30. The van der Waals surface area contributed by atoms with Crippen LogP contribution in [0.5, 0.6) is 23.0 Å². The summed E-state index contributed by atoms with van der Waals surface area (Å²) < 4.78 is 22.4. The zero-order chi connectivity index (χ0) is 23.2. The van der Waals surface area contributed by atoms with E-state index in [1.54, 1.807) is 28.4 Å². The van der Waals surface area contributed by atoms with Gasteiger partial charge in [-0.1, -0.05) is 45.4 Å². The highest BCUT2D eigenvalue weighted by atomic mass is 31.0. The average Bonchev–Trinajstić information content (AvgIpc) is 2.75. The quantitative estimate of drug-likeness (QED) is 0.426. The summed E-state index contributed by atoms with van der Waals surface area (Å²) in [6.07, 6.45) is 4.31. The fraction of sp³-hybridized carbons (Fsp3) is 0.385. The third-order valence-corrected chi connectivity index (χ3v) is 6.04. The standard InChI is InChI=1S/C26H35O4P/c1-17(25(31)16-19-23(29-7)13-10-14-24(19)30-8)20(26(2,3)4)15-18-21(27-5)11-9-12-22(18)28-6/h9-17H,31H2,1-8H3. The molecule has 0 saturated carbocycles. The van der Waals surface area contributed by atoms with Crippen LogP contribution >= 0.6 is 9.24 Å². The lowest BCUT2D eigenvalue weighted by Crippen LogP contribution is -2.16. The fourth-order valence-corrected chi connectivity index (χ4v) is 4.01. The van der Waals surface area contributed by atoms with Crippen LogP contribution in [0.4, 0.5) is 0 Å². The van der Waals surface area contributed by atoms with Crippen molar-refractivity contribution >= 4 is 21.4 Å². The number of allylic oxidation sites excluding steroid dienone is 2. The lowest BCUT2D eigenvalue weighted by atomic mass is 9.78. The molecule has 2 unspecified atom stereocenters. The van der Waals surface area contributed by atoms with Gasteiger partial charge in [-0.25, -0.2) is 0 Å². The minimum atomic E-state index is -0.0776. The lowest BCUT2D eigenvalue weighted by molar-refractivity contribution is 0.392. The Hall–Kier alpha value is -2.45. The van der Waals surface area contributed by atoms with E-state index < -0.39 is 0 Å². The zero-order valence-corrected chi connectivity index (χ0v) is 21.1. The Labute approximate surface area is 189 Å². The van der Waals surface area contributed by atoms with Crippen molar-refractivity contribution in [1.82, 2.24) is 0 Å². The Balaban J connectivity index is 2.63. The van der Waals surface area contributed by atoms with E-state index in [9.17, 15) is 0 Å². The van der Waals surface area contributed by atoms with Gasteiger partial charge < -0.3 is 18.9 Å². The molecule has 2 aromatic carbocycles. The van der Waals surface area contributed by atoms with Crippen molar-refractivity contribution in [2.75, 3.05) is 28.4 Å². The first-order chi connectivity index (χ1) is 14.7. The van der Waals surface area contributed by atoms with Crippen LogP contribution in [0.25, 0.3) is 12.2 Å². The molecule has 0 bridgehead atoms. The Morgan fingerprint density at radius 1 is 0.742 bits per heavy atom. The predicted octanol–water partition coefficient (Wildman–Crippen LogP) is 6.70. The molecule has 168 valence electrons. The second kappa shape index (κ2) is 10.7. The number of ether oxygens (including phenoxy) is 4. The third-order valence-electron chi connectivity index (χ3n) is 5.38. The van der Waals surface area contributed by atoms with Gasteiger partial charge in [0.25, 0.3) is 0 Å². The molecule has 0 amide bonds. The van der Waals surface area contributed by atoms with Crippen LogP contribution in [0.3, 0.4) is 0 Å². The van der Waals surface area contributed by atoms with E-state index in [1.165, 1.54) is 5.57 Å². The van der Waals surface area contributed by atoms with Gasteiger partial charge in [0.2, 0.25) is 0 Å². The second-order valence-electron chi connectivity index (χ2n) is 8.37. The molecule has 0 heterocycles. The van der Waals surface area contributed by atoms with E-state index in [1.807, 2.05) is 36.4 Å². The largest absolute Gasteiger partial charge is 0.496 e. The minimum absolute atomic E-state index is 0.0776. The van der Waals surface area contributed by atoms with E-state index in [4.69, 9.17) is 18.9 Å². The zero-order valence-electron chi connectivity index (χ0n) is 19.9. The summed E-state index contributed by atoms with van der Waals surface area (Å²) in [4.78, 5) is 0. The molecule has 0 aliphatic heterocycles. The van der Waals surface area contributed by atoms with Gasteiger partial charge in [-0.2, -0.15) is 0 Å². The van der Waals surface area contributed by atoms with E-state index in [0.717, 1.165) is 39.4 Å². The molecule has 31 heavy (non-hydrogen) atoms. The normalized spacial score (nSPS) is 13.6. The molecule has 0 aliphatic rings. The van der Waals surface area contributed by atoms with Gasteiger partial charge in [0.05, 0.1) is 39.6 Å². The van der Waals surface area contributed by atoms with E-state index in [-0.39, 0.29) is 11.3 Å². The monoisotopic (exact) mass is 442 g/mol. The van der Waals surface area contributed by atoms with Crippen molar-refractivity contribution in [2.24, 2.45) is 11.3 Å². The molecule has 2 atom stereocenters. The number of hydrogen-bond donors (Lipinski definition) is 0.